The molecule has 1 aliphatic heterocycles. The van der Waals surface area contributed by atoms with Crippen molar-refractivity contribution < 1.29 is 4.79 Å². The summed E-state index contributed by atoms with van der Waals surface area (Å²) in [5.74, 6) is 0.787. The Hall–Kier alpha value is -1.62. The van der Waals surface area contributed by atoms with Crippen LogP contribution in [0.3, 0.4) is 0 Å². The van der Waals surface area contributed by atoms with Crippen LogP contribution in [0, 0.1) is 0 Å². The number of carbonyl (C=O) groups is 1. The first-order chi connectivity index (χ1) is 9.11. The molecule has 1 atom stereocenters. The van der Waals surface area contributed by atoms with Crippen LogP contribution in [0.5, 0.6) is 0 Å². The SMILES string of the molecule is CCNc1cccc(C(=O)N2CCN(C)C(C)C2)n1. The van der Waals surface area contributed by atoms with E-state index in [1.54, 1.807) is 6.07 Å². The van der Waals surface area contributed by atoms with Crippen LogP contribution in [0.25, 0.3) is 0 Å². The first-order valence-corrected chi connectivity index (χ1v) is 6.82. The summed E-state index contributed by atoms with van der Waals surface area (Å²) in [5.41, 5.74) is 0.523. The highest BCUT2D eigenvalue weighted by Crippen LogP contribution is 2.12. The average Bonchev–Trinajstić information content (AvgIpc) is 2.42. The Bertz CT molecular complexity index is 449. The van der Waals surface area contributed by atoms with Crippen molar-refractivity contribution in [3.63, 3.8) is 0 Å². The minimum atomic E-state index is 0.0275. The molecule has 1 unspecified atom stereocenters. The molecule has 5 nitrogen and oxygen atoms in total. The highest BCUT2D eigenvalue weighted by Gasteiger charge is 2.25. The minimum Gasteiger partial charge on any atom is -0.370 e. The number of carbonyl (C=O) groups excluding carboxylic acids is 1. The van der Waals surface area contributed by atoms with Crippen LogP contribution in [-0.4, -0.2) is 60.0 Å². The molecular weight excluding hydrogens is 240 g/mol. The maximum absolute atomic E-state index is 12.4. The van der Waals surface area contributed by atoms with E-state index in [0.717, 1.165) is 32.0 Å². The number of nitrogens with one attached hydrogen (secondary N) is 1. The van der Waals surface area contributed by atoms with Gasteiger partial charge in [0.15, 0.2) is 0 Å². The first kappa shape index (κ1) is 13.8. The van der Waals surface area contributed by atoms with E-state index >= 15 is 0 Å². The summed E-state index contributed by atoms with van der Waals surface area (Å²) >= 11 is 0. The summed E-state index contributed by atoms with van der Waals surface area (Å²) in [6.45, 7) is 7.41. The molecule has 0 aromatic carbocycles. The van der Waals surface area contributed by atoms with Crippen LogP contribution in [-0.2, 0) is 0 Å². The summed E-state index contributed by atoms with van der Waals surface area (Å²) < 4.78 is 0. The first-order valence-electron chi connectivity index (χ1n) is 6.82. The van der Waals surface area contributed by atoms with Gasteiger partial charge in [0.05, 0.1) is 0 Å². The van der Waals surface area contributed by atoms with E-state index in [4.69, 9.17) is 0 Å². The van der Waals surface area contributed by atoms with Gasteiger partial charge in [0.2, 0.25) is 0 Å². The number of rotatable bonds is 3. The van der Waals surface area contributed by atoms with Crippen LogP contribution in [0.1, 0.15) is 24.3 Å². The number of anilines is 1. The largest absolute Gasteiger partial charge is 0.370 e. The normalized spacial score (nSPS) is 20.4. The topological polar surface area (TPSA) is 48.5 Å². The second kappa shape index (κ2) is 6.02. The Morgan fingerprint density at radius 3 is 2.95 bits per heavy atom. The molecule has 2 rings (SSSR count). The predicted octanol–water partition coefficient (Wildman–Crippen LogP) is 1.29. The van der Waals surface area contributed by atoms with Crippen molar-refractivity contribution in [3.05, 3.63) is 23.9 Å². The van der Waals surface area contributed by atoms with Gasteiger partial charge in [-0.15, -0.1) is 0 Å². The van der Waals surface area contributed by atoms with Gasteiger partial charge in [-0.3, -0.25) is 4.79 Å². The lowest BCUT2D eigenvalue weighted by molar-refractivity contribution is 0.0567. The van der Waals surface area contributed by atoms with Gasteiger partial charge in [0, 0.05) is 32.2 Å². The van der Waals surface area contributed by atoms with Gasteiger partial charge in [-0.05, 0) is 33.0 Å². The Morgan fingerprint density at radius 1 is 1.47 bits per heavy atom. The maximum Gasteiger partial charge on any atom is 0.272 e. The number of hydrogen-bond donors (Lipinski definition) is 1. The molecule has 0 aliphatic carbocycles. The summed E-state index contributed by atoms with van der Waals surface area (Å²) in [7, 11) is 2.09. The van der Waals surface area contributed by atoms with Crippen molar-refractivity contribution in [1.29, 1.82) is 0 Å². The summed E-state index contributed by atoms with van der Waals surface area (Å²) in [6.07, 6.45) is 0. The second-order valence-corrected chi connectivity index (χ2v) is 5.02. The van der Waals surface area contributed by atoms with Crippen LogP contribution < -0.4 is 5.32 Å². The molecule has 5 heteroatoms. The fourth-order valence-electron chi connectivity index (χ4n) is 2.23. The Morgan fingerprint density at radius 2 is 2.26 bits per heavy atom. The molecule has 0 saturated carbocycles. The third kappa shape index (κ3) is 3.23. The van der Waals surface area contributed by atoms with Crippen LogP contribution in [0.4, 0.5) is 5.82 Å². The van der Waals surface area contributed by atoms with E-state index < -0.39 is 0 Å². The smallest absolute Gasteiger partial charge is 0.272 e. The zero-order valence-corrected chi connectivity index (χ0v) is 11.9. The van der Waals surface area contributed by atoms with Gasteiger partial charge in [-0.25, -0.2) is 4.98 Å². The summed E-state index contributed by atoms with van der Waals surface area (Å²) in [4.78, 5) is 21.0. The highest BCUT2D eigenvalue weighted by molar-refractivity contribution is 5.92. The molecule has 19 heavy (non-hydrogen) atoms. The average molecular weight is 262 g/mol. The summed E-state index contributed by atoms with van der Waals surface area (Å²) in [6, 6.07) is 5.94. The molecule has 1 aromatic rings. The van der Waals surface area contributed by atoms with Crippen molar-refractivity contribution in [2.75, 3.05) is 38.5 Å². The van der Waals surface area contributed by atoms with E-state index in [2.05, 4.69) is 29.2 Å². The van der Waals surface area contributed by atoms with Crippen LogP contribution in [0.2, 0.25) is 0 Å². The Kier molecular flexibility index (Phi) is 4.37. The molecule has 1 amide bonds. The predicted molar refractivity (Wildman–Crippen MR) is 76.4 cm³/mol. The number of piperazine rings is 1. The van der Waals surface area contributed by atoms with Crippen LogP contribution >= 0.6 is 0 Å². The molecule has 1 N–H and O–H groups in total. The van der Waals surface area contributed by atoms with Crippen molar-refractivity contribution in [2.24, 2.45) is 0 Å². The molecule has 104 valence electrons. The van der Waals surface area contributed by atoms with Gasteiger partial charge >= 0.3 is 0 Å². The Labute approximate surface area is 114 Å². The third-order valence-electron chi connectivity index (χ3n) is 3.57. The standard InChI is InChI=1S/C14H22N4O/c1-4-15-13-7-5-6-12(16-13)14(19)18-9-8-17(3)11(2)10-18/h5-7,11H,4,8-10H2,1-3H3,(H,15,16). The van der Waals surface area contributed by atoms with Gasteiger partial charge in [0.1, 0.15) is 11.5 Å². The fraction of sp³-hybridized carbons (Fsp3) is 0.571. The van der Waals surface area contributed by atoms with Crippen molar-refractivity contribution >= 4 is 11.7 Å². The highest BCUT2D eigenvalue weighted by atomic mass is 16.2. The number of hydrogen-bond acceptors (Lipinski definition) is 4. The second-order valence-electron chi connectivity index (χ2n) is 5.02. The van der Waals surface area contributed by atoms with Gasteiger partial charge in [0.25, 0.3) is 5.91 Å². The van der Waals surface area contributed by atoms with E-state index in [1.165, 1.54) is 0 Å². The molecular formula is C14H22N4O. The number of aromatic nitrogens is 1. The fourth-order valence-corrected chi connectivity index (χ4v) is 2.23. The Balaban J connectivity index is 2.09. The van der Waals surface area contributed by atoms with E-state index in [1.807, 2.05) is 24.0 Å². The zero-order valence-electron chi connectivity index (χ0n) is 11.9. The number of pyridine rings is 1. The minimum absolute atomic E-state index is 0.0275. The monoisotopic (exact) mass is 262 g/mol. The number of amides is 1. The van der Waals surface area contributed by atoms with E-state index in [9.17, 15) is 4.79 Å². The quantitative estimate of drug-likeness (QED) is 0.891. The number of likely N-dealkylation sites (N-methyl/N-ethyl adjacent to an activating group) is 1. The lowest BCUT2D eigenvalue weighted by Crippen LogP contribution is -2.52. The van der Waals surface area contributed by atoms with E-state index in [0.29, 0.717) is 11.7 Å². The van der Waals surface area contributed by atoms with Crippen molar-refractivity contribution in [1.82, 2.24) is 14.8 Å². The molecule has 1 saturated heterocycles. The molecule has 0 bridgehead atoms. The number of nitrogens with zero attached hydrogens (tertiary/aromatic N) is 3. The lowest BCUT2D eigenvalue weighted by Gasteiger charge is -2.37. The lowest BCUT2D eigenvalue weighted by atomic mass is 10.2. The van der Waals surface area contributed by atoms with Crippen LogP contribution in [0.15, 0.2) is 18.2 Å². The molecule has 1 aliphatic rings. The molecule has 0 spiro atoms. The molecule has 0 radical (unpaired) electrons. The zero-order chi connectivity index (χ0) is 13.8. The van der Waals surface area contributed by atoms with Gasteiger partial charge in [-0.2, -0.15) is 0 Å². The molecule has 2 heterocycles. The third-order valence-corrected chi connectivity index (χ3v) is 3.57. The van der Waals surface area contributed by atoms with E-state index in [-0.39, 0.29) is 5.91 Å². The maximum atomic E-state index is 12.4. The van der Waals surface area contributed by atoms with Crippen molar-refractivity contribution in [3.8, 4) is 0 Å². The van der Waals surface area contributed by atoms with Crippen molar-refractivity contribution in [2.45, 2.75) is 19.9 Å². The molecule has 1 aromatic heterocycles. The summed E-state index contributed by atoms with van der Waals surface area (Å²) in [5, 5.41) is 3.13. The van der Waals surface area contributed by atoms with Gasteiger partial charge in [-0.1, -0.05) is 6.07 Å². The van der Waals surface area contributed by atoms with Gasteiger partial charge < -0.3 is 15.1 Å². The molecule has 1 fully saturated rings.